The Bertz CT molecular complexity index is 3070. The zero-order valence-corrected chi connectivity index (χ0v) is 62.2. The Morgan fingerprint density at radius 3 is 1.19 bits per heavy atom. The molecule has 86 heavy (non-hydrogen) atoms. The molecule has 2 atom stereocenters. The van der Waals surface area contributed by atoms with Crippen molar-refractivity contribution >= 4 is 35.0 Å². The molecule has 5 nitrogen and oxygen atoms in total. The van der Waals surface area contributed by atoms with Crippen LogP contribution in [-0.2, 0) is 41.8 Å². The average Bonchev–Trinajstić information content (AvgIpc) is 1.53. The highest BCUT2D eigenvalue weighted by atomic mass is 28.4. The van der Waals surface area contributed by atoms with Crippen LogP contribution in [0.15, 0.2) is 97.1 Å². The fourth-order valence-electron chi connectivity index (χ4n) is 12.4. The van der Waals surface area contributed by atoms with E-state index in [4.69, 9.17) is 18.2 Å². The lowest BCUT2D eigenvalue weighted by atomic mass is 9.67. The monoisotopic (exact) mass is 1200 g/mol. The fourth-order valence-corrected chi connectivity index (χ4v) is 15.5. The van der Waals surface area contributed by atoms with Gasteiger partial charge in [0.2, 0.25) is 0 Å². The van der Waals surface area contributed by atoms with Crippen molar-refractivity contribution in [1.29, 1.82) is 0 Å². The van der Waals surface area contributed by atoms with Crippen LogP contribution in [-0.4, -0.2) is 52.9 Å². The van der Waals surface area contributed by atoms with Gasteiger partial charge in [-0.1, -0.05) is 207 Å². The molecule has 2 unspecified atom stereocenters. The molecule has 1 aliphatic rings. The summed E-state index contributed by atoms with van der Waals surface area (Å²) in [6.07, 6.45) is 8.78. The third kappa shape index (κ3) is 16.3. The molecule has 474 valence electrons. The van der Waals surface area contributed by atoms with E-state index in [-0.39, 0.29) is 68.0 Å². The number of ketones is 1. The molecule has 0 N–H and O–H groups in total. The van der Waals surface area contributed by atoms with E-state index in [1.165, 1.54) is 61.2 Å². The van der Waals surface area contributed by atoms with Crippen LogP contribution in [0.3, 0.4) is 0 Å². The lowest BCUT2D eigenvalue weighted by molar-refractivity contribution is 0.00578. The maximum atomic E-state index is 12.0. The molecule has 0 radical (unpaired) electrons. The summed E-state index contributed by atoms with van der Waals surface area (Å²) >= 11 is 0. The Hall–Kier alpha value is -3.89. The number of benzene rings is 5. The molecular weight excluding hydrogens is 1080 g/mol. The molecular formula is C78H121BO5Si2. The smallest absolute Gasteiger partial charge is 0.413 e. The number of carbonyl (C=O) groups is 1. The van der Waals surface area contributed by atoms with Gasteiger partial charge in [0.05, 0.1) is 23.4 Å². The van der Waals surface area contributed by atoms with E-state index >= 15 is 0 Å². The first-order chi connectivity index (χ1) is 39.4. The van der Waals surface area contributed by atoms with E-state index in [0.29, 0.717) is 0 Å². The fraction of sp³-hybridized carbons (Fsp3) is 0.603. The van der Waals surface area contributed by atoms with Crippen molar-refractivity contribution in [2.24, 2.45) is 10.8 Å². The van der Waals surface area contributed by atoms with Crippen molar-refractivity contribution in [3.8, 4) is 11.1 Å². The normalized spacial score (nSPS) is 16.0. The van der Waals surface area contributed by atoms with E-state index in [0.717, 1.165) is 68.0 Å². The summed E-state index contributed by atoms with van der Waals surface area (Å²) in [6, 6.07) is 36.3. The van der Waals surface area contributed by atoms with Gasteiger partial charge in [-0.25, -0.2) is 0 Å². The van der Waals surface area contributed by atoms with Crippen LogP contribution in [0.2, 0.25) is 36.3 Å². The van der Waals surface area contributed by atoms with Gasteiger partial charge in [0.15, 0.2) is 22.4 Å². The van der Waals surface area contributed by atoms with Gasteiger partial charge in [0.25, 0.3) is 0 Å². The summed E-state index contributed by atoms with van der Waals surface area (Å²) in [5.74, 6) is 0.1000. The Kier molecular flexibility index (Phi) is 23.1. The van der Waals surface area contributed by atoms with E-state index in [1.54, 1.807) is 6.92 Å². The van der Waals surface area contributed by atoms with Crippen LogP contribution in [0.25, 0.3) is 11.1 Å². The van der Waals surface area contributed by atoms with E-state index in [1.807, 2.05) is 18.2 Å². The topological polar surface area (TPSA) is 54.0 Å². The average molecular weight is 1210 g/mol. The predicted octanol–water partition coefficient (Wildman–Crippen LogP) is 21.7. The Balaban J connectivity index is 0.000000314. The molecule has 8 heteroatoms. The standard InChI is InChI=1S/C40H58O2Si.C38H63BO3Si/c1-14-40(15-2,35-22-23-36(29(4)26-35)33-18-16-17-32(27-33)30(5)41)34-21-19-31(28(3)25-34)20-24-37(38(6,7)8)42-43(12,13)39(9,10)11;1-17-38(18-2,31-22-23-32(28(4)26-31)39-41-36(11,12)37(13,14)42-39)30-21-19-29(27(3)25-30)20-24-33(34(5,6)7)40-43(15,16)35(8,9)10/h16-19,21-23,25-27,37H,14-15,20,24H2,1-13H3;19,21-23,25-26,33H,17-18,20,24H2,1-16H3. The predicted molar refractivity (Wildman–Crippen MR) is 378 cm³/mol. The van der Waals surface area contributed by atoms with Crippen LogP contribution in [0.5, 0.6) is 0 Å². The van der Waals surface area contributed by atoms with E-state index in [2.05, 4.69) is 271 Å². The SMILES string of the molecule is CCC(CC)(c1ccc(CCC(O[Si](C)(C)C(C)(C)C)C(C)(C)C)c(C)c1)c1ccc(-c2cccc(C(C)=O)c2)c(C)c1.CCC(CC)(c1ccc(CCC(O[Si](C)(C)C(C)(C)C)C(C)(C)C)c(C)c1)c1ccc(B2OC(C)(C)C(C)(C)O2)c(C)c1. The summed E-state index contributed by atoms with van der Waals surface area (Å²) in [6.45, 7) is 65.8. The van der Waals surface area contributed by atoms with Crippen molar-refractivity contribution < 1.29 is 23.0 Å². The van der Waals surface area contributed by atoms with Gasteiger partial charge in [0.1, 0.15) is 0 Å². The van der Waals surface area contributed by atoms with E-state index in [9.17, 15) is 4.79 Å². The number of Topliss-reactive ketones (excluding diaryl/α,β-unsaturated/α-hetero) is 1. The first-order valence-corrected chi connectivity index (χ1v) is 38.9. The third-order valence-electron chi connectivity index (χ3n) is 21.7. The van der Waals surface area contributed by atoms with Crippen LogP contribution < -0.4 is 5.46 Å². The molecule has 0 aliphatic carbocycles. The molecule has 1 aliphatic heterocycles. The Labute approximate surface area is 530 Å². The summed E-state index contributed by atoms with van der Waals surface area (Å²) < 4.78 is 26.8. The highest BCUT2D eigenvalue weighted by Crippen LogP contribution is 2.46. The number of rotatable bonds is 21. The molecule has 1 saturated heterocycles. The van der Waals surface area contributed by atoms with Crippen molar-refractivity contribution in [2.45, 2.75) is 295 Å². The quantitative estimate of drug-likeness (QED) is 0.0541. The largest absolute Gasteiger partial charge is 0.495 e. The lowest BCUT2D eigenvalue weighted by Crippen LogP contribution is -2.47. The minimum absolute atomic E-state index is 0.0398. The molecule has 6 rings (SSSR count). The van der Waals surface area contributed by atoms with Crippen LogP contribution >= 0.6 is 0 Å². The van der Waals surface area contributed by atoms with Gasteiger partial charge < -0.3 is 18.2 Å². The van der Waals surface area contributed by atoms with Crippen LogP contribution in [0, 0.1) is 38.5 Å². The summed E-state index contributed by atoms with van der Waals surface area (Å²) in [7, 11) is -4.06. The second-order valence-corrected chi connectivity index (χ2v) is 41.7. The maximum Gasteiger partial charge on any atom is 0.495 e. The zero-order chi connectivity index (χ0) is 65.2. The molecule has 0 aromatic heterocycles. The van der Waals surface area contributed by atoms with Crippen molar-refractivity contribution in [2.75, 3.05) is 0 Å². The number of aryl methyl sites for hydroxylation is 6. The van der Waals surface area contributed by atoms with Crippen molar-refractivity contribution in [3.63, 3.8) is 0 Å². The minimum Gasteiger partial charge on any atom is -0.413 e. The lowest BCUT2D eigenvalue weighted by Gasteiger charge is -2.43. The molecule has 5 aromatic rings. The highest BCUT2D eigenvalue weighted by Gasteiger charge is 2.52. The molecule has 0 saturated carbocycles. The van der Waals surface area contributed by atoms with Crippen LogP contribution in [0.1, 0.15) is 250 Å². The summed E-state index contributed by atoms with van der Waals surface area (Å²) in [5, 5.41) is 0.408. The Morgan fingerprint density at radius 2 is 0.860 bits per heavy atom. The van der Waals surface area contributed by atoms with Gasteiger partial charge >= 0.3 is 7.12 Å². The Morgan fingerprint density at radius 1 is 0.500 bits per heavy atom. The molecule has 1 fully saturated rings. The molecule has 5 aromatic carbocycles. The maximum absolute atomic E-state index is 12.0. The summed E-state index contributed by atoms with van der Waals surface area (Å²) in [4.78, 5) is 12.0. The zero-order valence-electron chi connectivity index (χ0n) is 60.2. The third-order valence-corrected chi connectivity index (χ3v) is 30.6. The number of hydrogen-bond donors (Lipinski definition) is 0. The second-order valence-electron chi connectivity index (χ2n) is 32.2. The van der Waals surface area contributed by atoms with Crippen LogP contribution in [0.4, 0.5) is 0 Å². The number of carbonyl (C=O) groups excluding carboxylic acids is 1. The highest BCUT2D eigenvalue weighted by molar-refractivity contribution is 6.74. The van der Waals surface area contributed by atoms with Crippen molar-refractivity contribution in [3.05, 3.63) is 158 Å². The molecule has 0 bridgehead atoms. The molecule has 0 spiro atoms. The van der Waals surface area contributed by atoms with Gasteiger partial charge in [-0.15, -0.1) is 0 Å². The minimum atomic E-state index is -1.86. The summed E-state index contributed by atoms with van der Waals surface area (Å²) in [5.41, 5.74) is 17.2. The van der Waals surface area contributed by atoms with Gasteiger partial charge in [-0.05, 0) is 234 Å². The van der Waals surface area contributed by atoms with Gasteiger partial charge in [0, 0.05) is 16.4 Å². The second kappa shape index (κ2) is 27.3. The first kappa shape index (κ1) is 72.9. The molecule has 1 heterocycles. The molecule has 0 amide bonds. The number of hydrogen-bond acceptors (Lipinski definition) is 5. The first-order valence-electron chi connectivity index (χ1n) is 33.1. The van der Waals surface area contributed by atoms with Gasteiger partial charge in [-0.2, -0.15) is 0 Å². The van der Waals surface area contributed by atoms with Crippen molar-refractivity contribution in [1.82, 2.24) is 0 Å². The van der Waals surface area contributed by atoms with E-state index < -0.39 is 16.6 Å². The van der Waals surface area contributed by atoms with Gasteiger partial charge in [-0.3, -0.25) is 4.79 Å².